The van der Waals surface area contributed by atoms with Crippen LogP contribution in [0.15, 0.2) is 48.5 Å². The fraction of sp³-hybridized carbons (Fsp3) is 0.333. The first kappa shape index (κ1) is 19.0. The Balaban J connectivity index is 1.47. The molecule has 0 aromatic heterocycles. The minimum atomic E-state index is -0.351. The number of ketones is 1. The van der Waals surface area contributed by atoms with Crippen molar-refractivity contribution in [2.45, 2.75) is 6.42 Å². The van der Waals surface area contributed by atoms with Crippen molar-refractivity contribution in [3.8, 4) is 5.75 Å². The molecule has 27 heavy (non-hydrogen) atoms. The maximum Gasteiger partial charge on any atom is 0.227 e. The maximum absolute atomic E-state index is 13.0. The Kier molecular flexibility index (Phi) is 6.19. The predicted molar refractivity (Wildman–Crippen MR) is 100 cm³/mol. The van der Waals surface area contributed by atoms with Crippen molar-refractivity contribution in [3.05, 3.63) is 65.5 Å². The Hall–Kier alpha value is -2.73. The molecule has 142 valence electrons. The smallest absolute Gasteiger partial charge is 0.227 e. The molecule has 1 aliphatic heterocycles. The van der Waals surface area contributed by atoms with Crippen molar-refractivity contribution < 1.29 is 18.7 Å². The van der Waals surface area contributed by atoms with E-state index in [0.29, 0.717) is 38.2 Å². The summed E-state index contributed by atoms with van der Waals surface area (Å²) in [6, 6.07) is 13.1. The molecule has 0 aliphatic carbocycles. The number of carbonyl (C=O) groups is 2. The summed E-state index contributed by atoms with van der Waals surface area (Å²) in [5.74, 6) is 0.471. The van der Waals surface area contributed by atoms with Gasteiger partial charge in [0.1, 0.15) is 11.6 Å². The molecule has 0 N–H and O–H groups in total. The molecule has 0 atom stereocenters. The van der Waals surface area contributed by atoms with Gasteiger partial charge in [-0.1, -0.05) is 12.1 Å². The highest BCUT2D eigenvalue weighted by atomic mass is 19.1. The largest absolute Gasteiger partial charge is 0.497 e. The van der Waals surface area contributed by atoms with E-state index in [1.807, 2.05) is 34.1 Å². The van der Waals surface area contributed by atoms with Crippen LogP contribution >= 0.6 is 0 Å². The van der Waals surface area contributed by atoms with E-state index < -0.39 is 0 Å². The second-order valence-electron chi connectivity index (χ2n) is 6.61. The first-order valence-corrected chi connectivity index (χ1v) is 8.97. The minimum Gasteiger partial charge on any atom is -0.497 e. The Labute approximate surface area is 158 Å². The standard InChI is InChI=1S/C21H23FN2O3/c1-27-19-8-2-16(3-9-19)14-21(26)24-12-10-23(11-13-24)15-20(25)17-4-6-18(22)7-5-17/h2-9H,10-15H2,1H3. The molecule has 6 heteroatoms. The molecular formula is C21H23FN2O3. The van der Waals surface area contributed by atoms with E-state index in [2.05, 4.69) is 0 Å². The van der Waals surface area contributed by atoms with E-state index in [1.54, 1.807) is 7.11 Å². The Morgan fingerprint density at radius 3 is 2.19 bits per heavy atom. The summed E-state index contributed by atoms with van der Waals surface area (Å²) in [5, 5.41) is 0. The maximum atomic E-state index is 13.0. The monoisotopic (exact) mass is 370 g/mol. The predicted octanol–water partition coefficient (Wildman–Crippen LogP) is 2.40. The SMILES string of the molecule is COc1ccc(CC(=O)N2CCN(CC(=O)c3ccc(F)cc3)CC2)cc1. The average molecular weight is 370 g/mol. The van der Waals surface area contributed by atoms with Crippen molar-refractivity contribution in [2.24, 2.45) is 0 Å². The number of ether oxygens (including phenoxy) is 1. The van der Waals surface area contributed by atoms with Crippen LogP contribution in [0.25, 0.3) is 0 Å². The molecule has 3 rings (SSSR count). The van der Waals surface area contributed by atoms with Crippen molar-refractivity contribution in [1.82, 2.24) is 9.80 Å². The molecule has 1 fully saturated rings. The van der Waals surface area contributed by atoms with E-state index >= 15 is 0 Å². The molecule has 1 amide bonds. The summed E-state index contributed by atoms with van der Waals surface area (Å²) in [4.78, 5) is 28.6. The number of amides is 1. The number of rotatable bonds is 6. The van der Waals surface area contributed by atoms with Crippen LogP contribution < -0.4 is 4.74 Å². The van der Waals surface area contributed by atoms with Gasteiger partial charge in [-0.2, -0.15) is 0 Å². The Morgan fingerprint density at radius 1 is 0.963 bits per heavy atom. The summed E-state index contributed by atoms with van der Waals surface area (Å²) in [6.45, 7) is 2.80. The van der Waals surface area contributed by atoms with Crippen LogP contribution in [0.3, 0.4) is 0 Å². The van der Waals surface area contributed by atoms with Crippen LogP contribution in [0.2, 0.25) is 0 Å². The third kappa shape index (κ3) is 5.14. The van der Waals surface area contributed by atoms with E-state index in [-0.39, 0.29) is 24.1 Å². The number of halogens is 1. The lowest BCUT2D eigenvalue weighted by Gasteiger charge is -2.34. The summed E-state index contributed by atoms with van der Waals surface area (Å²) < 4.78 is 18.1. The van der Waals surface area contributed by atoms with Crippen molar-refractivity contribution in [3.63, 3.8) is 0 Å². The first-order valence-electron chi connectivity index (χ1n) is 8.97. The van der Waals surface area contributed by atoms with Gasteiger partial charge in [0.05, 0.1) is 20.1 Å². The van der Waals surface area contributed by atoms with Gasteiger partial charge in [-0.05, 0) is 42.0 Å². The van der Waals surface area contributed by atoms with Crippen LogP contribution in [-0.4, -0.2) is 61.3 Å². The highest BCUT2D eigenvalue weighted by Gasteiger charge is 2.22. The molecule has 0 unspecified atom stereocenters. The highest BCUT2D eigenvalue weighted by Crippen LogP contribution is 2.13. The lowest BCUT2D eigenvalue weighted by atomic mass is 10.1. The van der Waals surface area contributed by atoms with E-state index in [0.717, 1.165) is 11.3 Å². The zero-order valence-electron chi connectivity index (χ0n) is 15.4. The van der Waals surface area contributed by atoms with Gasteiger partial charge >= 0.3 is 0 Å². The number of carbonyl (C=O) groups excluding carboxylic acids is 2. The number of piperazine rings is 1. The average Bonchev–Trinajstić information content (AvgIpc) is 2.69. The topological polar surface area (TPSA) is 49.9 Å². The third-order valence-electron chi connectivity index (χ3n) is 4.77. The van der Waals surface area contributed by atoms with Gasteiger partial charge in [0.2, 0.25) is 5.91 Å². The minimum absolute atomic E-state index is 0.0343. The number of hydrogen-bond acceptors (Lipinski definition) is 4. The zero-order valence-corrected chi connectivity index (χ0v) is 15.4. The molecule has 1 saturated heterocycles. The van der Waals surface area contributed by atoms with Crippen LogP contribution in [0.1, 0.15) is 15.9 Å². The number of nitrogens with zero attached hydrogens (tertiary/aromatic N) is 2. The molecule has 0 radical (unpaired) electrons. The molecule has 2 aromatic carbocycles. The Bertz CT molecular complexity index is 782. The molecule has 1 aliphatic rings. The quantitative estimate of drug-likeness (QED) is 0.733. The fourth-order valence-corrected chi connectivity index (χ4v) is 3.12. The summed E-state index contributed by atoms with van der Waals surface area (Å²) in [5.41, 5.74) is 1.46. The van der Waals surface area contributed by atoms with Crippen LogP contribution in [0.4, 0.5) is 4.39 Å². The zero-order chi connectivity index (χ0) is 19.2. The second-order valence-corrected chi connectivity index (χ2v) is 6.61. The van der Waals surface area contributed by atoms with Crippen LogP contribution in [0.5, 0.6) is 5.75 Å². The summed E-state index contributed by atoms with van der Waals surface area (Å²) in [6.07, 6.45) is 0.360. The van der Waals surface area contributed by atoms with Gasteiger partial charge in [-0.3, -0.25) is 14.5 Å². The highest BCUT2D eigenvalue weighted by molar-refractivity contribution is 5.97. The summed E-state index contributed by atoms with van der Waals surface area (Å²) in [7, 11) is 1.61. The molecule has 1 heterocycles. The number of Topliss-reactive ketones (excluding diaryl/α,β-unsaturated/α-hetero) is 1. The van der Waals surface area contributed by atoms with Crippen LogP contribution in [0, 0.1) is 5.82 Å². The van der Waals surface area contributed by atoms with E-state index in [4.69, 9.17) is 4.74 Å². The number of hydrogen-bond donors (Lipinski definition) is 0. The van der Waals surface area contributed by atoms with Gasteiger partial charge < -0.3 is 9.64 Å². The molecule has 0 saturated carbocycles. The molecule has 0 spiro atoms. The second kappa shape index (κ2) is 8.77. The molecule has 5 nitrogen and oxygen atoms in total. The van der Waals surface area contributed by atoms with Gasteiger partial charge in [-0.15, -0.1) is 0 Å². The number of benzene rings is 2. The normalized spacial score (nSPS) is 14.8. The first-order chi connectivity index (χ1) is 13.0. The van der Waals surface area contributed by atoms with Gasteiger partial charge in [0.25, 0.3) is 0 Å². The number of methoxy groups -OCH3 is 1. The Morgan fingerprint density at radius 2 is 1.59 bits per heavy atom. The fourth-order valence-electron chi connectivity index (χ4n) is 3.12. The summed E-state index contributed by atoms with van der Waals surface area (Å²) >= 11 is 0. The van der Waals surface area contributed by atoms with Gasteiger partial charge in [-0.25, -0.2) is 4.39 Å². The van der Waals surface area contributed by atoms with E-state index in [9.17, 15) is 14.0 Å². The molecule has 2 aromatic rings. The van der Waals surface area contributed by atoms with Gasteiger partial charge in [0.15, 0.2) is 5.78 Å². The van der Waals surface area contributed by atoms with Crippen LogP contribution in [-0.2, 0) is 11.2 Å². The molecule has 0 bridgehead atoms. The lowest BCUT2D eigenvalue weighted by Crippen LogP contribution is -2.50. The lowest BCUT2D eigenvalue weighted by molar-refractivity contribution is -0.132. The molecular weight excluding hydrogens is 347 g/mol. The van der Waals surface area contributed by atoms with Crippen molar-refractivity contribution in [1.29, 1.82) is 0 Å². The van der Waals surface area contributed by atoms with E-state index in [1.165, 1.54) is 24.3 Å². The third-order valence-corrected chi connectivity index (χ3v) is 4.77. The van der Waals surface area contributed by atoms with Crippen molar-refractivity contribution in [2.75, 3.05) is 39.8 Å². The van der Waals surface area contributed by atoms with Crippen molar-refractivity contribution >= 4 is 11.7 Å². The van der Waals surface area contributed by atoms with Gasteiger partial charge in [0, 0.05) is 31.7 Å².